The molecule has 0 rings (SSSR count). The molecule has 0 heterocycles. The average Bonchev–Trinajstić information content (AvgIpc) is 3.20. The van der Waals surface area contributed by atoms with Crippen LogP contribution >= 0.6 is 0 Å². The van der Waals surface area contributed by atoms with Gasteiger partial charge in [0.05, 0.1) is 25.2 Å². The second-order valence-electron chi connectivity index (χ2n) is 15.8. The minimum absolute atomic E-state index is 0.00900. The van der Waals surface area contributed by atoms with Crippen molar-refractivity contribution in [2.24, 2.45) is 0 Å². The number of aliphatic hydroxyl groups excluding tert-OH is 2. The summed E-state index contributed by atoms with van der Waals surface area (Å²) in [6, 6.07) is -0.735. The molecule has 0 aromatic heterocycles. The maximum absolute atomic E-state index is 13.1. The van der Waals surface area contributed by atoms with E-state index in [-0.39, 0.29) is 24.9 Å². The summed E-state index contributed by atoms with van der Waals surface area (Å²) in [5.74, 6) is -0.604. The molecule has 0 saturated carbocycles. The number of nitrogens with one attached hydrogen (secondary N) is 1. The van der Waals surface area contributed by atoms with E-state index >= 15 is 0 Å². The first-order valence-electron chi connectivity index (χ1n) is 23.7. The molecule has 0 saturated heterocycles. The van der Waals surface area contributed by atoms with Gasteiger partial charge in [-0.2, -0.15) is 0 Å². The first kappa shape index (κ1) is 54.3. The Morgan fingerprint density at radius 1 is 0.544 bits per heavy atom. The van der Waals surface area contributed by atoms with Crippen LogP contribution in [0.3, 0.4) is 0 Å². The molecule has 3 unspecified atom stereocenters. The monoisotopic (exact) mass is 796 g/mol. The van der Waals surface area contributed by atoms with Gasteiger partial charge in [-0.25, -0.2) is 0 Å². The summed E-state index contributed by atoms with van der Waals surface area (Å²) in [4.78, 5) is 26.0. The van der Waals surface area contributed by atoms with Crippen LogP contribution < -0.4 is 5.32 Å². The van der Waals surface area contributed by atoms with Crippen molar-refractivity contribution in [3.8, 4) is 0 Å². The van der Waals surface area contributed by atoms with Gasteiger partial charge in [0.25, 0.3) is 0 Å². The number of unbranched alkanes of at least 4 members (excludes halogenated alkanes) is 18. The number of amides is 1. The van der Waals surface area contributed by atoms with Gasteiger partial charge >= 0.3 is 5.97 Å². The summed E-state index contributed by atoms with van der Waals surface area (Å²) in [5.41, 5.74) is 0. The quantitative estimate of drug-likeness (QED) is 0.0325. The fourth-order valence-corrected chi connectivity index (χ4v) is 6.68. The van der Waals surface area contributed by atoms with E-state index in [1.54, 1.807) is 0 Å². The zero-order valence-corrected chi connectivity index (χ0v) is 37.2. The van der Waals surface area contributed by atoms with Crippen LogP contribution in [0.2, 0.25) is 0 Å². The number of carbonyl (C=O) groups is 2. The van der Waals surface area contributed by atoms with Gasteiger partial charge in [-0.3, -0.25) is 9.59 Å². The SMILES string of the molecule is CC/C=C\C/C=C\C/C=C\C/C=C\C/C=C\CC(CC(=O)NC(CO)C(O)CCCCCCCCCCCC)OC(=O)CCCCC/C=C\CCCCCCCC. The van der Waals surface area contributed by atoms with Crippen molar-refractivity contribution in [3.63, 3.8) is 0 Å². The van der Waals surface area contributed by atoms with E-state index in [4.69, 9.17) is 4.74 Å². The molecule has 0 bridgehead atoms. The van der Waals surface area contributed by atoms with Crippen LogP contribution in [-0.4, -0.2) is 46.9 Å². The fraction of sp³-hybridized carbons (Fsp3) is 0.725. The van der Waals surface area contributed by atoms with E-state index in [2.05, 4.69) is 86.8 Å². The van der Waals surface area contributed by atoms with Gasteiger partial charge in [0.15, 0.2) is 0 Å². The number of esters is 1. The molecule has 0 radical (unpaired) electrons. The maximum atomic E-state index is 13.1. The summed E-state index contributed by atoms with van der Waals surface area (Å²) in [6.07, 6.45) is 55.5. The summed E-state index contributed by atoms with van der Waals surface area (Å²) in [6.45, 7) is 6.30. The molecule has 0 fully saturated rings. The number of hydrogen-bond donors (Lipinski definition) is 3. The van der Waals surface area contributed by atoms with Gasteiger partial charge in [0, 0.05) is 12.8 Å². The zero-order valence-electron chi connectivity index (χ0n) is 37.2. The van der Waals surface area contributed by atoms with Crippen LogP contribution in [0.25, 0.3) is 0 Å². The van der Waals surface area contributed by atoms with Crippen molar-refractivity contribution in [2.45, 2.75) is 232 Å². The first-order valence-corrected chi connectivity index (χ1v) is 23.7. The van der Waals surface area contributed by atoms with Crippen LogP contribution in [0.4, 0.5) is 0 Å². The molecule has 1 amide bonds. The molecule has 6 heteroatoms. The Morgan fingerprint density at radius 2 is 0.982 bits per heavy atom. The Balaban J connectivity index is 4.80. The number of rotatable bonds is 41. The molecule has 0 aromatic carbocycles. The van der Waals surface area contributed by atoms with E-state index in [9.17, 15) is 19.8 Å². The second-order valence-corrected chi connectivity index (χ2v) is 15.8. The predicted molar refractivity (Wildman–Crippen MR) is 245 cm³/mol. The topological polar surface area (TPSA) is 95.9 Å². The lowest BCUT2D eigenvalue weighted by molar-refractivity contribution is -0.150. The molecule has 0 aliphatic heterocycles. The molecule has 0 spiro atoms. The number of aliphatic hydroxyl groups is 2. The molecule has 328 valence electrons. The zero-order chi connectivity index (χ0) is 41.7. The molecule has 6 nitrogen and oxygen atoms in total. The highest BCUT2D eigenvalue weighted by atomic mass is 16.5. The minimum Gasteiger partial charge on any atom is -0.461 e. The maximum Gasteiger partial charge on any atom is 0.306 e. The number of carbonyl (C=O) groups excluding carboxylic acids is 2. The van der Waals surface area contributed by atoms with Gasteiger partial charge in [-0.15, -0.1) is 0 Å². The van der Waals surface area contributed by atoms with Crippen molar-refractivity contribution >= 4 is 11.9 Å². The fourth-order valence-electron chi connectivity index (χ4n) is 6.68. The summed E-state index contributed by atoms with van der Waals surface area (Å²) < 4.78 is 5.84. The van der Waals surface area contributed by atoms with E-state index in [0.29, 0.717) is 19.3 Å². The van der Waals surface area contributed by atoms with Gasteiger partial charge in [0.2, 0.25) is 5.91 Å². The van der Waals surface area contributed by atoms with Gasteiger partial charge in [0.1, 0.15) is 6.10 Å². The molecule has 0 aromatic rings. The second kappa shape index (κ2) is 44.4. The Hall–Kier alpha value is -2.70. The lowest BCUT2D eigenvalue weighted by atomic mass is 10.0. The van der Waals surface area contributed by atoms with Crippen LogP contribution in [-0.2, 0) is 14.3 Å². The van der Waals surface area contributed by atoms with Crippen molar-refractivity contribution in [3.05, 3.63) is 72.9 Å². The Morgan fingerprint density at radius 3 is 1.47 bits per heavy atom. The summed E-state index contributed by atoms with van der Waals surface area (Å²) in [5, 5.41) is 23.6. The van der Waals surface area contributed by atoms with Gasteiger partial charge < -0.3 is 20.3 Å². The highest BCUT2D eigenvalue weighted by molar-refractivity contribution is 5.77. The van der Waals surface area contributed by atoms with Crippen LogP contribution in [0, 0.1) is 0 Å². The molecule has 0 aliphatic carbocycles. The highest BCUT2D eigenvalue weighted by Crippen LogP contribution is 2.15. The Labute approximate surface area is 351 Å². The average molecular weight is 796 g/mol. The third kappa shape index (κ3) is 39.9. The summed E-state index contributed by atoms with van der Waals surface area (Å²) >= 11 is 0. The van der Waals surface area contributed by atoms with Crippen molar-refractivity contribution in [1.29, 1.82) is 0 Å². The van der Waals surface area contributed by atoms with Crippen molar-refractivity contribution in [1.82, 2.24) is 5.32 Å². The van der Waals surface area contributed by atoms with E-state index < -0.39 is 18.2 Å². The summed E-state index contributed by atoms with van der Waals surface area (Å²) in [7, 11) is 0. The van der Waals surface area contributed by atoms with E-state index in [1.807, 2.05) is 12.2 Å². The van der Waals surface area contributed by atoms with Gasteiger partial charge in [-0.05, 0) is 70.6 Å². The van der Waals surface area contributed by atoms with Crippen LogP contribution in [0.5, 0.6) is 0 Å². The van der Waals surface area contributed by atoms with Crippen molar-refractivity contribution < 1.29 is 24.5 Å². The third-order valence-electron chi connectivity index (χ3n) is 10.3. The third-order valence-corrected chi connectivity index (χ3v) is 10.3. The molecule has 0 aliphatic rings. The lowest BCUT2D eigenvalue weighted by Crippen LogP contribution is -2.46. The largest absolute Gasteiger partial charge is 0.461 e. The smallest absolute Gasteiger partial charge is 0.306 e. The Bertz CT molecular complexity index is 1070. The Kier molecular flexibility index (Phi) is 42.3. The minimum atomic E-state index is -0.814. The number of allylic oxidation sites excluding steroid dienone is 11. The highest BCUT2D eigenvalue weighted by Gasteiger charge is 2.23. The first-order chi connectivity index (χ1) is 28.0. The lowest BCUT2D eigenvalue weighted by Gasteiger charge is -2.24. The predicted octanol–water partition coefficient (Wildman–Crippen LogP) is 13.8. The normalized spacial score (nSPS) is 14.0. The van der Waals surface area contributed by atoms with E-state index in [1.165, 1.54) is 83.5 Å². The number of hydrogen-bond acceptors (Lipinski definition) is 5. The van der Waals surface area contributed by atoms with Gasteiger partial charge in [-0.1, -0.05) is 196 Å². The molecule has 3 atom stereocenters. The molecule has 57 heavy (non-hydrogen) atoms. The number of ether oxygens (including phenoxy) is 1. The molecule has 3 N–H and O–H groups in total. The van der Waals surface area contributed by atoms with Crippen LogP contribution in [0.1, 0.15) is 213 Å². The van der Waals surface area contributed by atoms with Crippen molar-refractivity contribution in [2.75, 3.05) is 6.61 Å². The molecular formula is C51H89NO5. The molecular weight excluding hydrogens is 707 g/mol. The standard InChI is InChI=1S/C51H89NO5/c1-4-7-10-13-16-19-22-24-25-27-28-30-33-36-39-42-47(57-51(56)44-41-38-35-32-29-26-23-20-17-14-11-8-5-2)45-50(55)52-48(46-53)49(54)43-40-37-34-31-21-18-15-12-9-6-3/h7,10,16,19,24-26,28-30,36,39,47-49,53-54H,4-6,8-9,11-15,17-18,20-23,27,31-35,37-38,40-46H2,1-3H3,(H,52,55)/b10-7-,19-16-,25-24-,29-26-,30-28-,39-36-. The van der Waals surface area contributed by atoms with E-state index in [0.717, 1.165) is 83.5 Å². The van der Waals surface area contributed by atoms with Crippen LogP contribution in [0.15, 0.2) is 72.9 Å².